The van der Waals surface area contributed by atoms with Crippen molar-refractivity contribution in [2.24, 2.45) is 11.8 Å². The summed E-state index contributed by atoms with van der Waals surface area (Å²) in [5.74, 6) is -0.595. The zero-order valence-electron chi connectivity index (χ0n) is 57.7. The van der Waals surface area contributed by atoms with E-state index in [1.165, 1.54) is 167 Å². The van der Waals surface area contributed by atoms with Crippen molar-refractivity contribution in [3.63, 3.8) is 0 Å². The number of ether oxygens (including phenoxy) is 4. The fourth-order valence-electron chi connectivity index (χ4n) is 10.6. The maximum Gasteiger partial charge on any atom is 0.472 e. The van der Waals surface area contributed by atoms with E-state index in [1.54, 1.807) is 0 Å². The second kappa shape index (κ2) is 62.2. The Hall–Kier alpha value is -1.94. The third kappa shape index (κ3) is 64.6. The molecule has 3 N–H and O–H groups in total. The lowest BCUT2D eigenvalue weighted by Gasteiger charge is -2.21. The molecule has 2 unspecified atom stereocenters. The topological polar surface area (TPSA) is 237 Å². The van der Waals surface area contributed by atoms with E-state index in [2.05, 4.69) is 41.5 Å². The number of hydrogen-bond donors (Lipinski definition) is 3. The first-order chi connectivity index (χ1) is 42.9. The largest absolute Gasteiger partial charge is 0.472 e. The van der Waals surface area contributed by atoms with Gasteiger partial charge in [0, 0.05) is 25.7 Å². The maximum atomic E-state index is 13.0. The molecular formula is C70H136O17P2. The predicted molar refractivity (Wildman–Crippen MR) is 358 cm³/mol. The highest BCUT2D eigenvalue weighted by atomic mass is 31.2. The monoisotopic (exact) mass is 1310 g/mol. The van der Waals surface area contributed by atoms with Gasteiger partial charge >= 0.3 is 39.5 Å². The van der Waals surface area contributed by atoms with E-state index < -0.39 is 97.5 Å². The number of phosphoric acid groups is 2. The molecule has 0 spiro atoms. The van der Waals surface area contributed by atoms with Crippen molar-refractivity contribution in [1.29, 1.82) is 0 Å². The van der Waals surface area contributed by atoms with Gasteiger partial charge in [-0.15, -0.1) is 0 Å². The van der Waals surface area contributed by atoms with Crippen LogP contribution in [-0.2, 0) is 65.4 Å². The van der Waals surface area contributed by atoms with E-state index in [0.29, 0.717) is 25.7 Å². The summed E-state index contributed by atoms with van der Waals surface area (Å²) >= 11 is 0. The van der Waals surface area contributed by atoms with Crippen LogP contribution in [0, 0.1) is 11.8 Å². The van der Waals surface area contributed by atoms with Crippen LogP contribution in [0.25, 0.3) is 0 Å². The Bertz CT molecular complexity index is 1730. The van der Waals surface area contributed by atoms with Gasteiger partial charge in [0.1, 0.15) is 19.3 Å². The molecule has 0 aromatic rings. The number of carbonyl (C=O) groups is 4. The zero-order valence-corrected chi connectivity index (χ0v) is 59.5. The average Bonchev–Trinajstić information content (AvgIpc) is 3.59. The minimum absolute atomic E-state index is 0.105. The lowest BCUT2D eigenvalue weighted by Crippen LogP contribution is -2.30. The van der Waals surface area contributed by atoms with Crippen LogP contribution < -0.4 is 0 Å². The molecule has 0 saturated heterocycles. The number of hydrogen-bond acceptors (Lipinski definition) is 15. The summed E-state index contributed by atoms with van der Waals surface area (Å²) in [4.78, 5) is 72.3. The summed E-state index contributed by atoms with van der Waals surface area (Å²) in [6.45, 7) is 9.47. The third-order valence-corrected chi connectivity index (χ3v) is 18.1. The van der Waals surface area contributed by atoms with E-state index in [-0.39, 0.29) is 25.7 Å². The minimum atomic E-state index is -4.95. The first kappa shape index (κ1) is 87.1. The van der Waals surface area contributed by atoms with E-state index in [9.17, 15) is 43.2 Å². The number of aliphatic hydroxyl groups excluding tert-OH is 1. The highest BCUT2D eigenvalue weighted by molar-refractivity contribution is 7.47. The molecule has 0 rings (SSSR count). The molecule has 0 aromatic carbocycles. The quantitative estimate of drug-likeness (QED) is 0.0222. The Morgan fingerprint density at radius 2 is 0.517 bits per heavy atom. The summed E-state index contributed by atoms with van der Waals surface area (Å²) in [5.41, 5.74) is 0. The van der Waals surface area contributed by atoms with Crippen molar-refractivity contribution in [1.82, 2.24) is 0 Å². The van der Waals surface area contributed by atoms with Gasteiger partial charge in [0.2, 0.25) is 0 Å². The number of aliphatic hydroxyl groups is 1. The van der Waals surface area contributed by atoms with Crippen LogP contribution in [0.1, 0.15) is 356 Å². The van der Waals surface area contributed by atoms with Gasteiger partial charge in [-0.25, -0.2) is 9.13 Å². The molecule has 0 aliphatic heterocycles. The van der Waals surface area contributed by atoms with Crippen LogP contribution >= 0.6 is 15.6 Å². The Kier molecular flexibility index (Phi) is 60.8. The standard InChI is InChI=1S/C70H136O17P2/c1-7-9-11-13-14-15-16-17-18-21-24-30-35-41-47-53-68(73)81-59-66(87-70(75)54-48-42-36-31-25-22-19-20-23-28-33-39-44-50-62(3)4)61-85-89(78,79)83-57-64(71)56-82-88(76,77)84-60-65(58-80-67(72)52-46-38-12-10-8-2)86-69(74)55-49-43-37-32-27-26-29-34-40-45-51-63(5)6/h62-66,71H,7-61H2,1-6H3,(H,76,77)(H,78,79)/t64-,65+,66+/m0/s1. The number of esters is 4. The fourth-order valence-corrected chi connectivity index (χ4v) is 12.2. The Morgan fingerprint density at radius 1 is 0.303 bits per heavy atom. The van der Waals surface area contributed by atoms with Gasteiger partial charge in [-0.05, 0) is 37.5 Å². The second-order valence-electron chi connectivity index (χ2n) is 26.2. The van der Waals surface area contributed by atoms with Crippen LogP contribution in [0.15, 0.2) is 0 Å². The first-order valence-corrected chi connectivity index (χ1v) is 39.5. The number of phosphoric ester groups is 2. The molecule has 19 heteroatoms. The van der Waals surface area contributed by atoms with E-state index in [1.807, 2.05) is 0 Å². The van der Waals surface area contributed by atoms with Crippen LogP contribution in [0.4, 0.5) is 0 Å². The molecule has 0 amide bonds. The average molecular weight is 1310 g/mol. The van der Waals surface area contributed by atoms with Gasteiger partial charge in [-0.3, -0.25) is 37.3 Å². The smallest absolute Gasteiger partial charge is 0.462 e. The normalized spacial score (nSPS) is 14.1. The van der Waals surface area contributed by atoms with Crippen LogP contribution in [0.2, 0.25) is 0 Å². The van der Waals surface area contributed by atoms with Gasteiger partial charge in [0.05, 0.1) is 26.4 Å². The summed E-state index contributed by atoms with van der Waals surface area (Å²) in [7, 11) is -9.89. The molecule has 0 aliphatic rings. The molecule has 5 atom stereocenters. The first-order valence-electron chi connectivity index (χ1n) is 36.5. The molecular weight excluding hydrogens is 1170 g/mol. The van der Waals surface area contributed by atoms with Crippen LogP contribution in [0.3, 0.4) is 0 Å². The highest BCUT2D eigenvalue weighted by Gasteiger charge is 2.30. The molecule has 17 nitrogen and oxygen atoms in total. The van der Waals surface area contributed by atoms with Crippen molar-refractivity contribution in [3.05, 3.63) is 0 Å². The Morgan fingerprint density at radius 3 is 0.764 bits per heavy atom. The summed E-state index contributed by atoms with van der Waals surface area (Å²) in [6.07, 6.45) is 47.5. The molecule has 0 saturated carbocycles. The minimum Gasteiger partial charge on any atom is -0.462 e. The fraction of sp³-hybridized carbons (Fsp3) is 0.943. The third-order valence-electron chi connectivity index (χ3n) is 16.2. The molecule has 0 heterocycles. The zero-order chi connectivity index (χ0) is 65.7. The molecule has 0 aliphatic carbocycles. The summed E-state index contributed by atoms with van der Waals surface area (Å²) in [5, 5.41) is 10.6. The lowest BCUT2D eigenvalue weighted by atomic mass is 10.0. The SMILES string of the molecule is CCCCCCCCCCCCCCCCCC(=O)OC[C@H](COP(=O)(O)OC[C@@H](O)COP(=O)(O)OC[C@@H](COC(=O)CCCCCCC)OC(=O)CCCCCCCCCCCCC(C)C)OC(=O)CCCCCCCCCCCCCCCC(C)C. The van der Waals surface area contributed by atoms with Crippen molar-refractivity contribution >= 4 is 39.5 Å². The Labute approximate surface area is 543 Å². The van der Waals surface area contributed by atoms with Gasteiger partial charge < -0.3 is 33.8 Å². The van der Waals surface area contributed by atoms with E-state index >= 15 is 0 Å². The van der Waals surface area contributed by atoms with E-state index in [0.717, 1.165) is 108 Å². The van der Waals surface area contributed by atoms with Crippen LogP contribution in [0.5, 0.6) is 0 Å². The molecule has 0 radical (unpaired) electrons. The van der Waals surface area contributed by atoms with Crippen molar-refractivity contribution < 1.29 is 80.2 Å². The second-order valence-corrected chi connectivity index (χ2v) is 29.1. The maximum absolute atomic E-state index is 13.0. The predicted octanol–water partition coefficient (Wildman–Crippen LogP) is 20.0. The summed E-state index contributed by atoms with van der Waals surface area (Å²) < 4.78 is 68.1. The van der Waals surface area contributed by atoms with Crippen molar-refractivity contribution in [3.8, 4) is 0 Å². The van der Waals surface area contributed by atoms with Crippen molar-refractivity contribution in [2.45, 2.75) is 374 Å². The molecule has 89 heavy (non-hydrogen) atoms. The van der Waals surface area contributed by atoms with Gasteiger partial charge in [0.25, 0.3) is 0 Å². The van der Waals surface area contributed by atoms with Gasteiger partial charge in [-0.2, -0.15) is 0 Å². The van der Waals surface area contributed by atoms with Crippen molar-refractivity contribution in [2.75, 3.05) is 39.6 Å². The molecule has 528 valence electrons. The van der Waals surface area contributed by atoms with Gasteiger partial charge in [-0.1, -0.05) is 305 Å². The van der Waals surface area contributed by atoms with Crippen LogP contribution in [-0.4, -0.2) is 96.7 Å². The molecule has 0 fully saturated rings. The summed E-state index contributed by atoms with van der Waals surface area (Å²) in [6, 6.07) is 0. The lowest BCUT2D eigenvalue weighted by molar-refractivity contribution is -0.161. The number of rotatable bonds is 69. The van der Waals surface area contributed by atoms with E-state index in [4.69, 9.17) is 37.0 Å². The Balaban J connectivity index is 5.16. The number of unbranched alkanes of at least 4 members (excludes halogenated alkanes) is 39. The molecule has 0 bridgehead atoms. The number of carbonyl (C=O) groups excluding carboxylic acids is 4. The molecule has 0 aromatic heterocycles. The highest BCUT2D eigenvalue weighted by Crippen LogP contribution is 2.45. The van der Waals surface area contributed by atoms with Gasteiger partial charge in [0.15, 0.2) is 12.2 Å².